The van der Waals surface area contributed by atoms with Crippen LogP contribution in [0.2, 0.25) is 0 Å². The van der Waals surface area contributed by atoms with Crippen molar-refractivity contribution in [2.24, 2.45) is 17.8 Å². The lowest BCUT2D eigenvalue weighted by molar-refractivity contribution is -0.136. The van der Waals surface area contributed by atoms with E-state index in [9.17, 15) is 4.79 Å². The first-order valence-electron chi connectivity index (χ1n) is 7.20. The largest absolute Gasteiger partial charge is 0.381 e. The fourth-order valence-corrected chi connectivity index (χ4v) is 3.08. The lowest BCUT2D eigenvalue weighted by Gasteiger charge is -2.32. The lowest BCUT2D eigenvalue weighted by Crippen LogP contribution is -2.45. The molecule has 2 saturated heterocycles. The van der Waals surface area contributed by atoms with Crippen molar-refractivity contribution in [2.75, 3.05) is 39.9 Å². The molecule has 0 aromatic rings. The molecule has 0 aromatic carbocycles. The Morgan fingerprint density at radius 3 is 2.94 bits per heavy atom. The monoisotopic (exact) mass is 254 g/mol. The van der Waals surface area contributed by atoms with Crippen molar-refractivity contribution in [2.45, 2.75) is 26.2 Å². The summed E-state index contributed by atoms with van der Waals surface area (Å²) in [5.41, 5.74) is 0. The van der Waals surface area contributed by atoms with Crippen LogP contribution in [0.3, 0.4) is 0 Å². The Balaban J connectivity index is 1.79. The minimum absolute atomic E-state index is 0.170. The van der Waals surface area contributed by atoms with E-state index in [2.05, 4.69) is 12.2 Å². The molecule has 18 heavy (non-hydrogen) atoms. The normalized spacial score (nSPS) is 33.1. The number of ether oxygens (including phenoxy) is 1. The van der Waals surface area contributed by atoms with Gasteiger partial charge in [0, 0.05) is 26.7 Å². The molecule has 2 fully saturated rings. The van der Waals surface area contributed by atoms with Crippen LogP contribution in [-0.4, -0.2) is 50.7 Å². The van der Waals surface area contributed by atoms with Gasteiger partial charge in [0.05, 0.1) is 12.5 Å². The first-order valence-corrected chi connectivity index (χ1v) is 7.20. The van der Waals surface area contributed by atoms with Gasteiger partial charge in [-0.25, -0.2) is 0 Å². The van der Waals surface area contributed by atoms with Gasteiger partial charge in [-0.3, -0.25) is 4.79 Å². The highest BCUT2D eigenvalue weighted by Gasteiger charge is 2.28. The molecule has 0 aliphatic carbocycles. The van der Waals surface area contributed by atoms with Gasteiger partial charge in [0.15, 0.2) is 0 Å². The van der Waals surface area contributed by atoms with Crippen LogP contribution >= 0.6 is 0 Å². The van der Waals surface area contributed by atoms with E-state index < -0.39 is 0 Å². The van der Waals surface area contributed by atoms with E-state index in [-0.39, 0.29) is 5.92 Å². The first kappa shape index (κ1) is 13.8. The summed E-state index contributed by atoms with van der Waals surface area (Å²) in [7, 11) is 1.94. The predicted molar refractivity (Wildman–Crippen MR) is 71.3 cm³/mol. The highest BCUT2D eigenvalue weighted by atomic mass is 16.5. The van der Waals surface area contributed by atoms with Crippen LogP contribution in [-0.2, 0) is 9.53 Å². The third kappa shape index (κ3) is 3.69. The molecule has 0 saturated carbocycles. The average molecular weight is 254 g/mol. The number of hydrogen-bond donors (Lipinski definition) is 1. The van der Waals surface area contributed by atoms with Crippen LogP contribution in [0.25, 0.3) is 0 Å². The molecule has 2 aliphatic heterocycles. The SMILES string of the molecule is CC1CNCC(C(=O)N(C)CC2CCCOC2)C1. The van der Waals surface area contributed by atoms with E-state index in [1.807, 2.05) is 11.9 Å². The minimum Gasteiger partial charge on any atom is -0.381 e. The summed E-state index contributed by atoms with van der Waals surface area (Å²) < 4.78 is 5.47. The second-order valence-corrected chi connectivity index (χ2v) is 6.00. The maximum atomic E-state index is 12.4. The third-order valence-electron chi connectivity index (χ3n) is 4.08. The molecule has 104 valence electrons. The Morgan fingerprint density at radius 2 is 2.28 bits per heavy atom. The van der Waals surface area contributed by atoms with E-state index in [1.165, 1.54) is 6.42 Å². The van der Waals surface area contributed by atoms with Gasteiger partial charge in [0.2, 0.25) is 5.91 Å². The molecule has 3 atom stereocenters. The topological polar surface area (TPSA) is 41.6 Å². The molecule has 0 aromatic heterocycles. The van der Waals surface area contributed by atoms with Crippen molar-refractivity contribution in [1.29, 1.82) is 0 Å². The fourth-order valence-electron chi connectivity index (χ4n) is 3.08. The van der Waals surface area contributed by atoms with Crippen LogP contribution in [0, 0.1) is 17.8 Å². The molecule has 1 N–H and O–H groups in total. The van der Waals surface area contributed by atoms with E-state index >= 15 is 0 Å². The van der Waals surface area contributed by atoms with Crippen molar-refractivity contribution in [3.05, 3.63) is 0 Å². The van der Waals surface area contributed by atoms with Gasteiger partial charge in [-0.2, -0.15) is 0 Å². The van der Waals surface area contributed by atoms with E-state index in [0.29, 0.717) is 17.7 Å². The van der Waals surface area contributed by atoms with Crippen LogP contribution in [0.1, 0.15) is 26.2 Å². The highest BCUT2D eigenvalue weighted by Crippen LogP contribution is 2.20. The number of amides is 1. The number of hydrogen-bond acceptors (Lipinski definition) is 3. The Kier molecular flexibility index (Phi) is 5.01. The first-order chi connectivity index (χ1) is 8.66. The van der Waals surface area contributed by atoms with Gasteiger partial charge in [-0.1, -0.05) is 6.92 Å². The number of rotatable bonds is 3. The number of nitrogens with zero attached hydrogens (tertiary/aromatic N) is 1. The number of carbonyl (C=O) groups is 1. The van der Waals surface area contributed by atoms with Crippen molar-refractivity contribution in [3.63, 3.8) is 0 Å². The summed E-state index contributed by atoms with van der Waals surface area (Å²) in [5.74, 6) is 1.61. The molecule has 0 radical (unpaired) electrons. The Morgan fingerprint density at radius 1 is 1.44 bits per heavy atom. The number of nitrogens with one attached hydrogen (secondary N) is 1. The molecule has 3 unspecified atom stereocenters. The summed E-state index contributed by atoms with van der Waals surface area (Å²) >= 11 is 0. The van der Waals surface area contributed by atoms with Gasteiger partial charge in [-0.15, -0.1) is 0 Å². The predicted octanol–water partition coefficient (Wildman–Crippen LogP) is 1.12. The lowest BCUT2D eigenvalue weighted by atomic mass is 9.90. The molecule has 2 rings (SSSR count). The maximum absolute atomic E-state index is 12.4. The molecule has 4 heteroatoms. The van der Waals surface area contributed by atoms with E-state index in [1.54, 1.807) is 0 Å². The smallest absolute Gasteiger partial charge is 0.226 e. The van der Waals surface area contributed by atoms with Crippen LogP contribution < -0.4 is 5.32 Å². The standard InChI is InChI=1S/C14H26N2O2/c1-11-6-13(8-15-7-11)14(17)16(2)9-12-4-3-5-18-10-12/h11-13,15H,3-10H2,1-2H3. The van der Waals surface area contributed by atoms with Crippen molar-refractivity contribution >= 4 is 5.91 Å². The number of carbonyl (C=O) groups excluding carboxylic acids is 1. The van der Waals surface area contributed by atoms with E-state index in [4.69, 9.17) is 4.74 Å². The van der Waals surface area contributed by atoms with Gasteiger partial charge < -0.3 is 15.0 Å². The second-order valence-electron chi connectivity index (χ2n) is 6.00. The Hall–Kier alpha value is -0.610. The zero-order chi connectivity index (χ0) is 13.0. The quantitative estimate of drug-likeness (QED) is 0.820. The number of piperidine rings is 1. The van der Waals surface area contributed by atoms with Gasteiger partial charge in [0.25, 0.3) is 0 Å². The van der Waals surface area contributed by atoms with Crippen molar-refractivity contribution in [3.8, 4) is 0 Å². The fraction of sp³-hybridized carbons (Fsp3) is 0.929. The summed E-state index contributed by atoms with van der Waals surface area (Å²) in [4.78, 5) is 14.3. The zero-order valence-corrected chi connectivity index (χ0v) is 11.7. The van der Waals surface area contributed by atoms with Crippen LogP contribution in [0.5, 0.6) is 0 Å². The molecule has 2 heterocycles. The zero-order valence-electron chi connectivity index (χ0n) is 11.7. The Labute approximate surface area is 110 Å². The maximum Gasteiger partial charge on any atom is 0.226 e. The van der Waals surface area contributed by atoms with E-state index in [0.717, 1.165) is 45.7 Å². The molecule has 0 bridgehead atoms. The molecule has 4 nitrogen and oxygen atoms in total. The minimum atomic E-state index is 0.170. The Bertz CT molecular complexity index is 277. The van der Waals surface area contributed by atoms with Crippen LogP contribution in [0.15, 0.2) is 0 Å². The third-order valence-corrected chi connectivity index (χ3v) is 4.08. The van der Waals surface area contributed by atoms with Gasteiger partial charge in [0.1, 0.15) is 0 Å². The van der Waals surface area contributed by atoms with Crippen LogP contribution in [0.4, 0.5) is 0 Å². The molecular formula is C14H26N2O2. The van der Waals surface area contributed by atoms with Crippen molar-refractivity contribution in [1.82, 2.24) is 10.2 Å². The molecule has 1 amide bonds. The summed E-state index contributed by atoms with van der Waals surface area (Å²) in [5, 5.41) is 3.35. The van der Waals surface area contributed by atoms with Crippen molar-refractivity contribution < 1.29 is 9.53 Å². The van der Waals surface area contributed by atoms with Gasteiger partial charge in [-0.05, 0) is 37.6 Å². The average Bonchev–Trinajstić information content (AvgIpc) is 2.39. The molecule has 0 spiro atoms. The molecular weight excluding hydrogens is 228 g/mol. The second kappa shape index (κ2) is 6.53. The summed E-state index contributed by atoms with van der Waals surface area (Å²) in [6.45, 7) is 6.65. The highest BCUT2D eigenvalue weighted by molar-refractivity contribution is 5.79. The van der Waals surface area contributed by atoms with Gasteiger partial charge >= 0.3 is 0 Å². The summed E-state index contributed by atoms with van der Waals surface area (Å²) in [6.07, 6.45) is 3.35. The molecule has 2 aliphatic rings. The summed E-state index contributed by atoms with van der Waals surface area (Å²) in [6, 6.07) is 0.